The van der Waals surface area contributed by atoms with Gasteiger partial charge in [0.15, 0.2) is 0 Å². The third-order valence-corrected chi connectivity index (χ3v) is 5.75. The Balaban J connectivity index is 2.29. The van der Waals surface area contributed by atoms with Crippen LogP contribution < -0.4 is 0 Å². The topological polar surface area (TPSA) is 37.3 Å². The Kier molecular flexibility index (Phi) is 6.55. The number of aryl methyl sites for hydroxylation is 1. The van der Waals surface area contributed by atoms with Crippen molar-refractivity contribution < 1.29 is 9.32 Å². The molecule has 0 spiro atoms. The van der Waals surface area contributed by atoms with Gasteiger partial charge in [-0.2, -0.15) is 0 Å². The SMILES string of the molecule is CCCC[C@H](O)[C@@H](C)c1ccccc1S(=O)c1ccc(C)cc1. The van der Waals surface area contributed by atoms with E-state index in [2.05, 4.69) is 6.92 Å². The summed E-state index contributed by atoms with van der Waals surface area (Å²) in [5.74, 6) is -0.0212. The summed E-state index contributed by atoms with van der Waals surface area (Å²) in [5.41, 5.74) is 2.14. The van der Waals surface area contributed by atoms with Gasteiger partial charge in [-0.25, -0.2) is 4.21 Å². The van der Waals surface area contributed by atoms with E-state index in [9.17, 15) is 9.32 Å². The maximum Gasteiger partial charge on any atom is 0.0852 e. The largest absolute Gasteiger partial charge is 0.393 e. The van der Waals surface area contributed by atoms with E-state index in [4.69, 9.17) is 0 Å². The average molecular weight is 330 g/mol. The third kappa shape index (κ3) is 4.52. The van der Waals surface area contributed by atoms with Gasteiger partial charge in [-0.05, 0) is 37.1 Å². The number of hydrogen-bond donors (Lipinski definition) is 1. The summed E-state index contributed by atoms with van der Waals surface area (Å²) in [4.78, 5) is 1.61. The summed E-state index contributed by atoms with van der Waals surface area (Å²) < 4.78 is 12.9. The second-order valence-electron chi connectivity index (χ2n) is 6.12. The van der Waals surface area contributed by atoms with Gasteiger partial charge < -0.3 is 5.11 Å². The highest BCUT2D eigenvalue weighted by molar-refractivity contribution is 7.85. The lowest BCUT2D eigenvalue weighted by Gasteiger charge is -2.21. The van der Waals surface area contributed by atoms with E-state index < -0.39 is 16.9 Å². The number of unbranched alkanes of at least 4 members (excludes halogenated alkanes) is 1. The van der Waals surface area contributed by atoms with Crippen LogP contribution in [0.25, 0.3) is 0 Å². The second-order valence-corrected chi connectivity index (χ2v) is 7.57. The minimum Gasteiger partial charge on any atom is -0.393 e. The molecule has 3 heteroatoms. The van der Waals surface area contributed by atoms with Gasteiger partial charge in [0, 0.05) is 15.7 Å². The molecule has 3 atom stereocenters. The molecule has 0 amide bonds. The molecule has 0 saturated carbocycles. The Morgan fingerprint density at radius 1 is 1.09 bits per heavy atom. The monoisotopic (exact) mass is 330 g/mol. The summed E-state index contributed by atoms with van der Waals surface area (Å²) in [6.45, 7) is 6.16. The summed E-state index contributed by atoms with van der Waals surface area (Å²) in [6, 6.07) is 15.6. The quantitative estimate of drug-likeness (QED) is 0.790. The van der Waals surface area contributed by atoms with Crippen LogP contribution >= 0.6 is 0 Å². The molecule has 2 aromatic carbocycles. The first-order chi connectivity index (χ1) is 11.0. The van der Waals surface area contributed by atoms with E-state index in [0.717, 1.165) is 40.2 Å². The van der Waals surface area contributed by atoms with Crippen LogP contribution in [0.3, 0.4) is 0 Å². The van der Waals surface area contributed by atoms with E-state index in [1.54, 1.807) is 0 Å². The Morgan fingerprint density at radius 3 is 2.39 bits per heavy atom. The average Bonchev–Trinajstić information content (AvgIpc) is 2.59. The van der Waals surface area contributed by atoms with E-state index in [1.807, 2.05) is 62.4 Å². The number of rotatable bonds is 7. The molecule has 2 nitrogen and oxygen atoms in total. The van der Waals surface area contributed by atoms with Crippen LogP contribution in [0.5, 0.6) is 0 Å². The van der Waals surface area contributed by atoms with Crippen molar-refractivity contribution in [2.24, 2.45) is 0 Å². The highest BCUT2D eigenvalue weighted by Gasteiger charge is 2.21. The standard InChI is InChI=1S/C20H26O2S/c1-4-5-9-19(21)16(3)18-8-6-7-10-20(18)23(22)17-13-11-15(2)12-14-17/h6-8,10-14,16,19,21H,4-5,9H2,1-3H3/t16-,19-,23?/m0/s1. The molecule has 2 aromatic rings. The molecule has 1 unspecified atom stereocenters. The van der Waals surface area contributed by atoms with Gasteiger partial charge in [-0.1, -0.05) is 62.6 Å². The van der Waals surface area contributed by atoms with Crippen molar-refractivity contribution >= 4 is 10.8 Å². The van der Waals surface area contributed by atoms with Gasteiger partial charge in [0.05, 0.1) is 16.9 Å². The smallest absolute Gasteiger partial charge is 0.0852 e. The Morgan fingerprint density at radius 2 is 1.74 bits per heavy atom. The molecule has 0 saturated heterocycles. The molecule has 0 fully saturated rings. The number of aliphatic hydroxyl groups is 1. The first kappa shape index (κ1) is 17.9. The van der Waals surface area contributed by atoms with Crippen LogP contribution in [0, 0.1) is 6.92 Å². The molecule has 0 heterocycles. The zero-order chi connectivity index (χ0) is 16.8. The fourth-order valence-electron chi connectivity index (χ4n) is 2.68. The Hall–Kier alpha value is -1.45. The molecule has 0 aliphatic heterocycles. The normalized spacial score (nSPS) is 15.1. The molecule has 0 bridgehead atoms. The minimum absolute atomic E-state index is 0.0212. The second kappa shape index (κ2) is 8.42. The van der Waals surface area contributed by atoms with Gasteiger partial charge in [-0.15, -0.1) is 0 Å². The Bertz CT molecular complexity index is 649. The molecule has 23 heavy (non-hydrogen) atoms. The highest BCUT2D eigenvalue weighted by Crippen LogP contribution is 2.30. The van der Waals surface area contributed by atoms with E-state index in [1.165, 1.54) is 0 Å². The van der Waals surface area contributed by atoms with Crippen LogP contribution in [0.1, 0.15) is 50.2 Å². The lowest BCUT2D eigenvalue weighted by Crippen LogP contribution is -2.17. The van der Waals surface area contributed by atoms with Crippen molar-refractivity contribution in [2.45, 2.75) is 61.8 Å². The summed E-state index contributed by atoms with van der Waals surface area (Å²) >= 11 is 0. The molecule has 124 valence electrons. The van der Waals surface area contributed by atoms with Crippen LogP contribution in [0.15, 0.2) is 58.3 Å². The maximum atomic E-state index is 12.9. The summed E-state index contributed by atoms with van der Waals surface area (Å²) in [6.07, 6.45) is 2.46. The van der Waals surface area contributed by atoms with Crippen LogP contribution in [-0.2, 0) is 10.8 Å². The first-order valence-electron chi connectivity index (χ1n) is 8.30. The van der Waals surface area contributed by atoms with E-state index in [0.29, 0.717) is 0 Å². The molecule has 0 aliphatic rings. The first-order valence-corrected chi connectivity index (χ1v) is 9.45. The molecule has 0 radical (unpaired) electrons. The predicted molar refractivity (Wildman–Crippen MR) is 96.2 cm³/mol. The fourth-order valence-corrected chi connectivity index (χ4v) is 3.99. The molecule has 1 N–H and O–H groups in total. The zero-order valence-corrected chi connectivity index (χ0v) is 15.0. The van der Waals surface area contributed by atoms with Gasteiger partial charge >= 0.3 is 0 Å². The van der Waals surface area contributed by atoms with Crippen molar-refractivity contribution in [2.75, 3.05) is 0 Å². The van der Waals surface area contributed by atoms with Gasteiger partial charge in [0.1, 0.15) is 0 Å². The third-order valence-electron chi connectivity index (χ3n) is 4.27. The number of aliphatic hydroxyl groups excluding tert-OH is 1. The molecular formula is C20H26O2S. The zero-order valence-electron chi connectivity index (χ0n) is 14.2. The Labute approximate surface area is 142 Å². The van der Waals surface area contributed by atoms with Crippen LogP contribution in [0.2, 0.25) is 0 Å². The molecular weight excluding hydrogens is 304 g/mol. The number of benzene rings is 2. The van der Waals surface area contributed by atoms with Crippen molar-refractivity contribution in [1.82, 2.24) is 0 Å². The highest BCUT2D eigenvalue weighted by atomic mass is 32.2. The molecule has 0 aromatic heterocycles. The molecule has 2 rings (SSSR count). The van der Waals surface area contributed by atoms with Crippen molar-refractivity contribution in [1.29, 1.82) is 0 Å². The van der Waals surface area contributed by atoms with E-state index in [-0.39, 0.29) is 5.92 Å². The summed E-state index contributed by atoms with van der Waals surface area (Å²) in [5, 5.41) is 10.4. The van der Waals surface area contributed by atoms with Crippen molar-refractivity contribution in [3.05, 3.63) is 59.7 Å². The number of hydrogen-bond acceptors (Lipinski definition) is 2. The minimum atomic E-state index is -1.22. The van der Waals surface area contributed by atoms with Gasteiger partial charge in [0.2, 0.25) is 0 Å². The summed E-state index contributed by atoms with van der Waals surface area (Å²) in [7, 11) is -1.22. The fraction of sp³-hybridized carbons (Fsp3) is 0.400. The van der Waals surface area contributed by atoms with Crippen molar-refractivity contribution in [3.63, 3.8) is 0 Å². The van der Waals surface area contributed by atoms with Crippen molar-refractivity contribution in [3.8, 4) is 0 Å². The molecule has 0 aliphatic carbocycles. The lowest BCUT2D eigenvalue weighted by atomic mass is 9.92. The van der Waals surface area contributed by atoms with Gasteiger partial charge in [0.25, 0.3) is 0 Å². The predicted octanol–water partition coefficient (Wildman–Crippen LogP) is 4.82. The lowest BCUT2D eigenvalue weighted by molar-refractivity contribution is 0.136. The maximum absolute atomic E-state index is 12.9. The van der Waals surface area contributed by atoms with Gasteiger partial charge in [-0.3, -0.25) is 0 Å². The van der Waals surface area contributed by atoms with Crippen LogP contribution in [-0.4, -0.2) is 15.4 Å². The van der Waals surface area contributed by atoms with E-state index >= 15 is 0 Å². The van der Waals surface area contributed by atoms with Crippen LogP contribution in [0.4, 0.5) is 0 Å².